The normalized spacial score (nSPS) is 17.1. The minimum Gasteiger partial charge on any atom is -0.490 e. The molecule has 1 saturated heterocycles. The van der Waals surface area contributed by atoms with E-state index in [0.717, 1.165) is 19.4 Å². The number of benzene rings is 1. The second kappa shape index (κ2) is 6.62. The monoisotopic (exact) mass is 315 g/mol. The lowest BCUT2D eigenvalue weighted by Gasteiger charge is -2.14. The maximum absolute atomic E-state index is 11.1. The van der Waals surface area contributed by atoms with E-state index in [0.29, 0.717) is 23.6 Å². The zero-order valence-corrected chi connectivity index (χ0v) is 12.4. The molecule has 0 bridgehead atoms. The number of rotatable bonds is 5. The van der Waals surface area contributed by atoms with Crippen LogP contribution in [0.4, 0.5) is 5.95 Å². The molecule has 1 unspecified atom stereocenters. The van der Waals surface area contributed by atoms with E-state index in [1.165, 1.54) is 6.07 Å². The van der Waals surface area contributed by atoms with Crippen molar-refractivity contribution >= 4 is 11.9 Å². The van der Waals surface area contributed by atoms with Crippen molar-refractivity contribution < 1.29 is 19.4 Å². The second-order valence-electron chi connectivity index (χ2n) is 5.24. The quantitative estimate of drug-likeness (QED) is 0.868. The van der Waals surface area contributed by atoms with Crippen LogP contribution in [0.1, 0.15) is 23.3 Å². The molecule has 7 heteroatoms. The van der Waals surface area contributed by atoms with E-state index in [1.54, 1.807) is 6.07 Å². The highest BCUT2D eigenvalue weighted by Crippen LogP contribution is 2.29. The number of anilines is 1. The average molecular weight is 315 g/mol. The van der Waals surface area contributed by atoms with Crippen molar-refractivity contribution in [1.29, 1.82) is 0 Å². The van der Waals surface area contributed by atoms with Gasteiger partial charge >= 0.3 is 5.97 Å². The minimum absolute atomic E-state index is 0.0890. The maximum atomic E-state index is 11.1. The summed E-state index contributed by atoms with van der Waals surface area (Å²) in [6.45, 7) is 1.21. The predicted molar refractivity (Wildman–Crippen MR) is 83.3 cm³/mol. The smallest absolute Gasteiger partial charge is 0.354 e. The highest BCUT2D eigenvalue weighted by atomic mass is 16.5. The van der Waals surface area contributed by atoms with Crippen molar-refractivity contribution in [1.82, 2.24) is 9.97 Å². The van der Waals surface area contributed by atoms with Gasteiger partial charge < -0.3 is 20.3 Å². The Labute approximate surface area is 133 Å². The molecule has 1 aliphatic rings. The van der Waals surface area contributed by atoms with Gasteiger partial charge in [0.15, 0.2) is 5.69 Å². The van der Waals surface area contributed by atoms with Crippen LogP contribution in [-0.4, -0.2) is 40.4 Å². The van der Waals surface area contributed by atoms with Crippen molar-refractivity contribution in [3.63, 3.8) is 0 Å². The Hall–Kier alpha value is -2.67. The first-order valence-electron chi connectivity index (χ1n) is 7.35. The summed E-state index contributed by atoms with van der Waals surface area (Å²) in [4.78, 5) is 19.0. The lowest BCUT2D eigenvalue weighted by Crippen LogP contribution is -2.16. The summed E-state index contributed by atoms with van der Waals surface area (Å²) in [6.07, 6.45) is 2.11. The zero-order chi connectivity index (χ0) is 16.2. The Bertz CT molecular complexity index is 714. The van der Waals surface area contributed by atoms with Crippen LogP contribution in [0.2, 0.25) is 0 Å². The molecule has 1 aromatic carbocycles. The van der Waals surface area contributed by atoms with Gasteiger partial charge in [-0.3, -0.25) is 0 Å². The number of hydrogen-bond acceptors (Lipinski definition) is 6. The molecule has 0 spiro atoms. The largest absolute Gasteiger partial charge is 0.490 e. The third-order valence-corrected chi connectivity index (χ3v) is 3.57. The lowest BCUT2D eigenvalue weighted by atomic mass is 10.1. The van der Waals surface area contributed by atoms with Crippen LogP contribution in [0.3, 0.4) is 0 Å². The molecule has 23 heavy (non-hydrogen) atoms. The van der Waals surface area contributed by atoms with Gasteiger partial charge in [0.1, 0.15) is 12.4 Å². The van der Waals surface area contributed by atoms with Crippen molar-refractivity contribution in [3.05, 3.63) is 36.0 Å². The van der Waals surface area contributed by atoms with Crippen LogP contribution in [0.15, 0.2) is 30.3 Å². The Balaban J connectivity index is 1.88. The average Bonchev–Trinajstić information content (AvgIpc) is 3.06. The summed E-state index contributed by atoms with van der Waals surface area (Å²) < 4.78 is 11.4. The van der Waals surface area contributed by atoms with E-state index in [-0.39, 0.29) is 17.7 Å². The van der Waals surface area contributed by atoms with E-state index in [1.807, 2.05) is 18.2 Å². The molecule has 1 aromatic heterocycles. The number of nitrogens with zero attached hydrogens (tertiary/aromatic N) is 2. The fourth-order valence-electron chi connectivity index (χ4n) is 2.48. The molecular weight excluding hydrogens is 298 g/mol. The Kier molecular flexibility index (Phi) is 4.38. The highest BCUT2D eigenvalue weighted by Gasteiger charge is 2.18. The van der Waals surface area contributed by atoms with Crippen LogP contribution in [-0.2, 0) is 4.74 Å². The summed E-state index contributed by atoms with van der Waals surface area (Å²) in [5.74, 6) is -0.635. The van der Waals surface area contributed by atoms with Crippen molar-refractivity contribution in [3.8, 4) is 17.0 Å². The number of carboxylic acid groups (broad SMARTS) is 1. The number of ether oxygens (including phenoxy) is 2. The van der Waals surface area contributed by atoms with Crippen molar-refractivity contribution in [2.24, 2.45) is 0 Å². The van der Waals surface area contributed by atoms with Gasteiger partial charge in [0.25, 0.3) is 0 Å². The molecule has 3 rings (SSSR count). The third-order valence-electron chi connectivity index (χ3n) is 3.57. The standard InChI is InChI=1S/C16H17N3O4/c17-16-18-12(8-13(19-16)15(20)21)11-5-1-2-6-14(11)23-9-10-4-3-7-22-10/h1-2,5-6,8,10H,3-4,7,9H2,(H,20,21)(H2,17,18,19). The molecule has 0 saturated carbocycles. The summed E-state index contributed by atoms with van der Waals surface area (Å²) in [6, 6.07) is 8.66. The van der Waals surface area contributed by atoms with Gasteiger partial charge in [-0.15, -0.1) is 0 Å². The molecule has 1 atom stereocenters. The maximum Gasteiger partial charge on any atom is 0.354 e. The van der Waals surface area contributed by atoms with Gasteiger partial charge in [0.05, 0.1) is 11.8 Å². The SMILES string of the molecule is Nc1nc(C(=O)O)cc(-c2ccccc2OCC2CCCO2)n1. The molecular formula is C16H17N3O4. The van der Waals surface area contributed by atoms with Gasteiger partial charge in [-0.1, -0.05) is 12.1 Å². The number of carboxylic acids is 1. The molecule has 120 valence electrons. The van der Waals surface area contributed by atoms with Crippen LogP contribution in [0.25, 0.3) is 11.3 Å². The predicted octanol–water partition coefficient (Wildman–Crippen LogP) is 1.98. The van der Waals surface area contributed by atoms with Crippen molar-refractivity contribution in [2.75, 3.05) is 18.9 Å². The molecule has 2 aromatic rings. The topological polar surface area (TPSA) is 108 Å². The first kappa shape index (κ1) is 15.2. The molecule has 3 N–H and O–H groups in total. The number of nitrogen functional groups attached to an aromatic ring is 1. The fourth-order valence-corrected chi connectivity index (χ4v) is 2.48. The van der Waals surface area contributed by atoms with Crippen LogP contribution in [0, 0.1) is 0 Å². The Morgan fingerprint density at radius 3 is 2.96 bits per heavy atom. The first-order valence-corrected chi connectivity index (χ1v) is 7.35. The molecule has 0 aliphatic carbocycles. The molecule has 0 radical (unpaired) electrons. The van der Waals surface area contributed by atoms with Crippen LogP contribution < -0.4 is 10.5 Å². The van der Waals surface area contributed by atoms with E-state index in [4.69, 9.17) is 20.3 Å². The number of para-hydroxylation sites is 1. The fraction of sp³-hybridized carbons (Fsp3) is 0.312. The molecule has 1 aliphatic heterocycles. The summed E-state index contributed by atoms with van der Waals surface area (Å²) in [5.41, 5.74) is 6.54. The summed E-state index contributed by atoms with van der Waals surface area (Å²) >= 11 is 0. The minimum atomic E-state index is -1.15. The second-order valence-corrected chi connectivity index (χ2v) is 5.24. The van der Waals surface area contributed by atoms with E-state index in [9.17, 15) is 4.79 Å². The first-order chi connectivity index (χ1) is 11.1. The molecule has 0 amide bonds. The lowest BCUT2D eigenvalue weighted by molar-refractivity contribution is 0.0681. The number of hydrogen-bond donors (Lipinski definition) is 2. The number of carbonyl (C=O) groups is 1. The van der Waals surface area contributed by atoms with E-state index >= 15 is 0 Å². The summed E-state index contributed by atoms with van der Waals surface area (Å²) in [7, 11) is 0. The number of aromatic carboxylic acids is 1. The van der Waals surface area contributed by atoms with Gasteiger partial charge in [0, 0.05) is 12.2 Å². The summed E-state index contributed by atoms with van der Waals surface area (Å²) in [5, 5.41) is 9.10. The molecule has 1 fully saturated rings. The van der Waals surface area contributed by atoms with E-state index in [2.05, 4.69) is 9.97 Å². The molecule has 2 heterocycles. The van der Waals surface area contributed by atoms with Gasteiger partial charge in [-0.05, 0) is 31.0 Å². The highest BCUT2D eigenvalue weighted by molar-refractivity contribution is 5.87. The zero-order valence-electron chi connectivity index (χ0n) is 12.4. The molecule has 7 nitrogen and oxygen atoms in total. The van der Waals surface area contributed by atoms with Gasteiger partial charge in [-0.25, -0.2) is 14.8 Å². The van der Waals surface area contributed by atoms with E-state index < -0.39 is 5.97 Å². The van der Waals surface area contributed by atoms with Crippen LogP contribution in [0.5, 0.6) is 5.75 Å². The Morgan fingerprint density at radius 1 is 1.39 bits per heavy atom. The van der Waals surface area contributed by atoms with Gasteiger partial charge in [-0.2, -0.15) is 0 Å². The Morgan fingerprint density at radius 2 is 2.22 bits per heavy atom. The number of aromatic nitrogens is 2. The van der Waals surface area contributed by atoms with Crippen molar-refractivity contribution in [2.45, 2.75) is 18.9 Å². The number of nitrogens with two attached hydrogens (primary N) is 1. The third kappa shape index (κ3) is 3.57. The van der Waals surface area contributed by atoms with Gasteiger partial charge in [0.2, 0.25) is 5.95 Å². The van der Waals surface area contributed by atoms with Crippen LogP contribution >= 0.6 is 0 Å².